The third-order valence-corrected chi connectivity index (χ3v) is 4.28. The van der Waals surface area contributed by atoms with Crippen molar-refractivity contribution in [2.24, 2.45) is 0 Å². The quantitative estimate of drug-likeness (QED) is 0.689. The van der Waals surface area contributed by atoms with Crippen LogP contribution in [-0.4, -0.2) is 43.0 Å². The van der Waals surface area contributed by atoms with Crippen LogP contribution >= 0.6 is 0 Å². The topological polar surface area (TPSA) is 58.6 Å². The number of amides is 2. The van der Waals surface area contributed by atoms with Crippen molar-refractivity contribution in [3.63, 3.8) is 0 Å². The summed E-state index contributed by atoms with van der Waals surface area (Å²) in [5, 5.41) is 2.84. The van der Waals surface area contributed by atoms with E-state index in [9.17, 15) is 9.59 Å². The third kappa shape index (κ3) is 6.22. The third-order valence-electron chi connectivity index (χ3n) is 4.28. The summed E-state index contributed by atoms with van der Waals surface area (Å²) in [7, 11) is 1.63. The van der Waals surface area contributed by atoms with Crippen LogP contribution in [0.1, 0.15) is 46.5 Å². The van der Waals surface area contributed by atoms with Crippen molar-refractivity contribution in [1.82, 2.24) is 10.2 Å². The molecule has 2 aromatic rings. The molecule has 0 aliphatic carbocycles. The molecule has 5 nitrogen and oxygen atoms in total. The first kappa shape index (κ1) is 20.6. The first-order valence-corrected chi connectivity index (χ1v) is 9.25. The maximum absolute atomic E-state index is 12.9. The van der Waals surface area contributed by atoms with Crippen LogP contribution in [0.3, 0.4) is 0 Å². The Bertz CT molecular complexity index is 727. The smallest absolute Gasteiger partial charge is 0.254 e. The van der Waals surface area contributed by atoms with Crippen molar-refractivity contribution in [3.8, 4) is 0 Å². The largest absolute Gasteiger partial charge is 0.385 e. The highest BCUT2D eigenvalue weighted by molar-refractivity contribution is 5.97. The van der Waals surface area contributed by atoms with Gasteiger partial charge in [-0.2, -0.15) is 0 Å². The van der Waals surface area contributed by atoms with Gasteiger partial charge in [0.05, 0.1) is 0 Å². The summed E-state index contributed by atoms with van der Waals surface area (Å²) in [5.41, 5.74) is 2.21. The maximum Gasteiger partial charge on any atom is 0.254 e. The normalized spacial score (nSPS) is 10.7. The Kier molecular flexibility index (Phi) is 8.01. The highest BCUT2D eigenvalue weighted by atomic mass is 16.5. The number of ether oxygens (including phenoxy) is 1. The molecule has 0 saturated carbocycles. The minimum atomic E-state index is -0.143. The minimum absolute atomic E-state index is 0.0408. The lowest BCUT2D eigenvalue weighted by Crippen LogP contribution is -2.36. The lowest BCUT2D eigenvalue weighted by atomic mass is 10.1. The van der Waals surface area contributed by atoms with Gasteiger partial charge in [-0.15, -0.1) is 0 Å². The molecule has 0 radical (unpaired) electrons. The van der Waals surface area contributed by atoms with E-state index in [4.69, 9.17) is 4.74 Å². The van der Waals surface area contributed by atoms with Crippen LogP contribution in [0.5, 0.6) is 0 Å². The Balaban J connectivity index is 2.03. The van der Waals surface area contributed by atoms with E-state index in [1.807, 2.05) is 49.1 Å². The summed E-state index contributed by atoms with van der Waals surface area (Å²) in [6.45, 7) is 5.73. The molecule has 0 atom stereocenters. The van der Waals surface area contributed by atoms with Gasteiger partial charge in [0, 0.05) is 44.0 Å². The van der Waals surface area contributed by atoms with Crippen molar-refractivity contribution in [2.45, 2.75) is 32.9 Å². The zero-order valence-electron chi connectivity index (χ0n) is 16.3. The van der Waals surface area contributed by atoms with Crippen molar-refractivity contribution < 1.29 is 14.3 Å². The van der Waals surface area contributed by atoms with Gasteiger partial charge in [0.25, 0.3) is 11.8 Å². The molecule has 0 heterocycles. The van der Waals surface area contributed by atoms with Crippen LogP contribution < -0.4 is 5.32 Å². The van der Waals surface area contributed by atoms with Crippen LogP contribution in [-0.2, 0) is 11.3 Å². The zero-order valence-corrected chi connectivity index (χ0v) is 16.3. The van der Waals surface area contributed by atoms with Crippen molar-refractivity contribution in [1.29, 1.82) is 0 Å². The predicted octanol–water partition coefficient (Wildman–Crippen LogP) is 3.50. The maximum atomic E-state index is 12.9. The van der Waals surface area contributed by atoms with E-state index in [2.05, 4.69) is 5.32 Å². The molecule has 2 amide bonds. The fraction of sp³-hybridized carbons (Fsp3) is 0.364. The van der Waals surface area contributed by atoms with E-state index in [1.54, 1.807) is 31.4 Å². The van der Waals surface area contributed by atoms with Gasteiger partial charge >= 0.3 is 0 Å². The van der Waals surface area contributed by atoms with Crippen LogP contribution in [0.15, 0.2) is 54.6 Å². The lowest BCUT2D eigenvalue weighted by molar-refractivity contribution is 0.0690. The monoisotopic (exact) mass is 368 g/mol. The second-order valence-corrected chi connectivity index (χ2v) is 6.69. The Morgan fingerprint density at radius 3 is 2.22 bits per heavy atom. The highest BCUT2D eigenvalue weighted by Gasteiger charge is 2.19. The average Bonchev–Trinajstić information content (AvgIpc) is 2.69. The fourth-order valence-corrected chi connectivity index (χ4v) is 2.72. The number of rotatable bonds is 9. The Morgan fingerprint density at radius 1 is 1.00 bits per heavy atom. The standard InChI is InChI=1S/C22H28N2O3/c1-17(2)24(16-18-8-5-4-6-9-18)22(26)20-12-10-19(11-13-20)21(25)23-14-7-15-27-3/h4-6,8-13,17H,7,14-16H2,1-3H3,(H,23,25). The Hall–Kier alpha value is -2.66. The molecule has 5 heteroatoms. The summed E-state index contributed by atoms with van der Waals surface area (Å²) in [6, 6.07) is 16.8. The first-order valence-electron chi connectivity index (χ1n) is 9.25. The molecule has 144 valence electrons. The summed E-state index contributed by atoms with van der Waals surface area (Å²) in [5.74, 6) is -0.184. The fourth-order valence-electron chi connectivity index (χ4n) is 2.72. The second-order valence-electron chi connectivity index (χ2n) is 6.69. The van der Waals surface area contributed by atoms with Gasteiger partial charge < -0.3 is 15.0 Å². The number of benzene rings is 2. The highest BCUT2D eigenvalue weighted by Crippen LogP contribution is 2.14. The molecule has 0 unspecified atom stereocenters. The average molecular weight is 368 g/mol. The Morgan fingerprint density at radius 2 is 1.63 bits per heavy atom. The van der Waals surface area contributed by atoms with Crippen LogP contribution in [0.25, 0.3) is 0 Å². The number of hydrogen-bond acceptors (Lipinski definition) is 3. The molecular formula is C22H28N2O3. The van der Waals surface area contributed by atoms with Crippen LogP contribution in [0.2, 0.25) is 0 Å². The van der Waals surface area contributed by atoms with E-state index < -0.39 is 0 Å². The van der Waals surface area contributed by atoms with Gasteiger partial charge in [0.2, 0.25) is 0 Å². The first-order chi connectivity index (χ1) is 13.0. The predicted molar refractivity (Wildman–Crippen MR) is 107 cm³/mol. The van der Waals surface area contributed by atoms with Crippen molar-refractivity contribution >= 4 is 11.8 Å². The molecule has 0 fully saturated rings. The van der Waals surface area contributed by atoms with Gasteiger partial charge in [-0.05, 0) is 50.1 Å². The number of carbonyl (C=O) groups is 2. The molecule has 0 aromatic heterocycles. The summed E-state index contributed by atoms with van der Waals surface area (Å²) < 4.78 is 4.96. The molecule has 0 spiro atoms. The summed E-state index contributed by atoms with van der Waals surface area (Å²) in [6.07, 6.45) is 0.766. The van der Waals surface area contributed by atoms with Crippen LogP contribution in [0.4, 0.5) is 0 Å². The van der Waals surface area contributed by atoms with E-state index in [1.165, 1.54) is 0 Å². The number of hydrogen-bond donors (Lipinski definition) is 1. The van der Waals surface area contributed by atoms with Crippen molar-refractivity contribution in [2.75, 3.05) is 20.3 Å². The molecule has 27 heavy (non-hydrogen) atoms. The molecule has 0 aliphatic rings. The molecule has 2 aromatic carbocycles. The molecule has 2 rings (SSSR count). The molecule has 0 bridgehead atoms. The van der Waals surface area contributed by atoms with E-state index in [0.717, 1.165) is 12.0 Å². The number of nitrogens with one attached hydrogen (secondary N) is 1. The van der Waals surface area contributed by atoms with E-state index >= 15 is 0 Å². The molecular weight excluding hydrogens is 340 g/mol. The Labute approximate surface area is 161 Å². The van der Waals surface area contributed by atoms with E-state index in [-0.39, 0.29) is 17.9 Å². The second kappa shape index (κ2) is 10.5. The summed E-state index contributed by atoms with van der Waals surface area (Å²) >= 11 is 0. The van der Waals surface area contributed by atoms with Crippen LogP contribution in [0, 0.1) is 0 Å². The van der Waals surface area contributed by atoms with Crippen molar-refractivity contribution in [3.05, 3.63) is 71.3 Å². The lowest BCUT2D eigenvalue weighted by Gasteiger charge is -2.27. The number of nitrogens with zero attached hydrogens (tertiary/aromatic N) is 1. The molecule has 0 saturated heterocycles. The molecule has 0 aliphatic heterocycles. The number of methoxy groups -OCH3 is 1. The minimum Gasteiger partial charge on any atom is -0.385 e. The van der Waals surface area contributed by atoms with E-state index in [0.29, 0.717) is 30.8 Å². The van der Waals surface area contributed by atoms with Gasteiger partial charge in [0.1, 0.15) is 0 Å². The van der Waals surface area contributed by atoms with Gasteiger partial charge in [0.15, 0.2) is 0 Å². The van der Waals surface area contributed by atoms with Gasteiger partial charge in [-0.1, -0.05) is 30.3 Å². The summed E-state index contributed by atoms with van der Waals surface area (Å²) in [4.78, 5) is 26.9. The van der Waals surface area contributed by atoms with Gasteiger partial charge in [-0.25, -0.2) is 0 Å². The SMILES string of the molecule is COCCCNC(=O)c1ccc(C(=O)N(Cc2ccccc2)C(C)C)cc1. The van der Waals surface area contributed by atoms with Gasteiger partial charge in [-0.3, -0.25) is 9.59 Å². The zero-order chi connectivity index (χ0) is 19.6. The number of carbonyl (C=O) groups excluding carboxylic acids is 2. The molecule has 1 N–H and O–H groups in total.